The molecule has 1 amide bonds. The highest BCUT2D eigenvalue weighted by molar-refractivity contribution is 5.92. The molecule has 0 aliphatic heterocycles. The minimum atomic E-state index is -0.0693. The summed E-state index contributed by atoms with van der Waals surface area (Å²) in [5.41, 5.74) is 7.56. The van der Waals surface area contributed by atoms with Crippen LogP contribution < -0.4 is 11.1 Å². The maximum Gasteiger partial charge on any atom is 0.269 e. The van der Waals surface area contributed by atoms with Gasteiger partial charge in [-0.25, -0.2) is 0 Å². The normalized spacial score (nSPS) is 16.6. The number of carbonyl (C=O) groups is 1. The average Bonchev–Trinajstić information content (AvgIpc) is 3.14. The fourth-order valence-corrected chi connectivity index (χ4v) is 2.06. The Morgan fingerprint density at radius 3 is 2.89 bits per heavy atom. The van der Waals surface area contributed by atoms with Crippen molar-refractivity contribution in [3.05, 3.63) is 17.5 Å². The van der Waals surface area contributed by atoms with Crippen molar-refractivity contribution in [3.8, 4) is 0 Å². The summed E-state index contributed by atoms with van der Waals surface area (Å²) in [5.74, 6) is 0.535. The average molecular weight is 250 g/mol. The Morgan fingerprint density at radius 2 is 2.33 bits per heavy atom. The van der Waals surface area contributed by atoms with E-state index in [0.717, 1.165) is 12.1 Å². The summed E-state index contributed by atoms with van der Waals surface area (Å²) in [6.45, 7) is 5.28. The first-order valence-electron chi connectivity index (χ1n) is 6.76. The number of carbonyl (C=O) groups excluding carboxylic acids is 1. The van der Waals surface area contributed by atoms with Gasteiger partial charge < -0.3 is 11.1 Å². The standard InChI is InChI=1S/C13H22N4O/c1-3-10-7-12(17(4-2)16-10)13(18)15-8-11(14)9-5-6-9/h7,9,11H,3-6,8,14H2,1-2H3,(H,15,18). The molecule has 2 rings (SSSR count). The Balaban J connectivity index is 1.96. The Kier molecular flexibility index (Phi) is 4.01. The molecule has 1 aliphatic carbocycles. The highest BCUT2D eigenvalue weighted by Crippen LogP contribution is 2.31. The van der Waals surface area contributed by atoms with Gasteiger partial charge in [0.05, 0.1) is 5.69 Å². The van der Waals surface area contributed by atoms with Crippen LogP contribution >= 0.6 is 0 Å². The molecule has 0 spiro atoms. The van der Waals surface area contributed by atoms with Gasteiger partial charge in [0, 0.05) is 19.1 Å². The summed E-state index contributed by atoms with van der Waals surface area (Å²) < 4.78 is 1.75. The van der Waals surface area contributed by atoms with Gasteiger partial charge in [0.15, 0.2) is 0 Å². The van der Waals surface area contributed by atoms with Crippen molar-refractivity contribution in [2.75, 3.05) is 6.54 Å². The fraction of sp³-hybridized carbons (Fsp3) is 0.692. The number of nitrogens with two attached hydrogens (primary N) is 1. The van der Waals surface area contributed by atoms with Crippen LogP contribution in [0.4, 0.5) is 0 Å². The van der Waals surface area contributed by atoms with Crippen LogP contribution in [-0.4, -0.2) is 28.3 Å². The third kappa shape index (κ3) is 2.90. The van der Waals surface area contributed by atoms with E-state index in [2.05, 4.69) is 10.4 Å². The van der Waals surface area contributed by atoms with Crippen molar-refractivity contribution in [3.63, 3.8) is 0 Å². The first-order chi connectivity index (χ1) is 8.65. The number of hydrogen-bond donors (Lipinski definition) is 2. The van der Waals surface area contributed by atoms with E-state index < -0.39 is 0 Å². The molecule has 1 atom stereocenters. The predicted molar refractivity (Wildman–Crippen MR) is 70.3 cm³/mol. The van der Waals surface area contributed by atoms with Gasteiger partial charge in [0.1, 0.15) is 5.69 Å². The number of rotatable bonds is 6. The third-order valence-electron chi connectivity index (χ3n) is 3.45. The topological polar surface area (TPSA) is 72.9 Å². The number of nitrogens with zero attached hydrogens (tertiary/aromatic N) is 2. The van der Waals surface area contributed by atoms with E-state index in [1.54, 1.807) is 4.68 Å². The Hall–Kier alpha value is -1.36. The molecule has 1 fully saturated rings. The van der Waals surface area contributed by atoms with Crippen LogP contribution in [0.3, 0.4) is 0 Å². The quantitative estimate of drug-likeness (QED) is 0.789. The van der Waals surface area contributed by atoms with E-state index in [1.807, 2.05) is 19.9 Å². The summed E-state index contributed by atoms with van der Waals surface area (Å²) in [5, 5.41) is 7.27. The molecule has 1 aromatic heterocycles. The van der Waals surface area contributed by atoms with E-state index in [4.69, 9.17) is 5.73 Å². The summed E-state index contributed by atoms with van der Waals surface area (Å²) in [6, 6.07) is 1.96. The second-order valence-electron chi connectivity index (χ2n) is 4.90. The van der Waals surface area contributed by atoms with Crippen LogP contribution in [0.5, 0.6) is 0 Å². The molecule has 1 aliphatic rings. The first-order valence-corrected chi connectivity index (χ1v) is 6.76. The van der Waals surface area contributed by atoms with Gasteiger partial charge in [-0.2, -0.15) is 5.10 Å². The molecule has 1 unspecified atom stereocenters. The second-order valence-corrected chi connectivity index (χ2v) is 4.90. The lowest BCUT2D eigenvalue weighted by molar-refractivity contribution is 0.0939. The van der Waals surface area contributed by atoms with Crippen molar-refractivity contribution in [2.24, 2.45) is 11.7 Å². The molecule has 1 heterocycles. The number of aryl methyl sites for hydroxylation is 2. The molecule has 18 heavy (non-hydrogen) atoms. The van der Waals surface area contributed by atoms with Crippen LogP contribution in [0.2, 0.25) is 0 Å². The maximum absolute atomic E-state index is 12.1. The lowest BCUT2D eigenvalue weighted by atomic mass is 10.2. The Bertz CT molecular complexity index is 423. The minimum Gasteiger partial charge on any atom is -0.349 e. The zero-order valence-electron chi connectivity index (χ0n) is 11.1. The molecular weight excluding hydrogens is 228 g/mol. The van der Waals surface area contributed by atoms with Gasteiger partial charge in [-0.3, -0.25) is 9.48 Å². The van der Waals surface area contributed by atoms with Gasteiger partial charge in [0.2, 0.25) is 0 Å². The number of hydrogen-bond acceptors (Lipinski definition) is 3. The Morgan fingerprint density at radius 1 is 1.61 bits per heavy atom. The largest absolute Gasteiger partial charge is 0.349 e. The van der Waals surface area contributed by atoms with E-state index in [0.29, 0.717) is 24.7 Å². The summed E-state index contributed by atoms with van der Waals surface area (Å²) in [6.07, 6.45) is 3.24. The van der Waals surface area contributed by atoms with Crippen molar-refractivity contribution in [2.45, 2.75) is 45.7 Å². The zero-order chi connectivity index (χ0) is 13.1. The molecule has 100 valence electrons. The highest BCUT2D eigenvalue weighted by atomic mass is 16.2. The molecule has 5 heteroatoms. The molecule has 0 aromatic carbocycles. The number of nitrogens with one attached hydrogen (secondary N) is 1. The fourth-order valence-electron chi connectivity index (χ4n) is 2.06. The second kappa shape index (κ2) is 5.52. The monoisotopic (exact) mass is 250 g/mol. The molecule has 1 saturated carbocycles. The van der Waals surface area contributed by atoms with E-state index in [9.17, 15) is 4.79 Å². The van der Waals surface area contributed by atoms with Gasteiger partial charge in [-0.15, -0.1) is 0 Å². The molecule has 1 aromatic rings. The van der Waals surface area contributed by atoms with Crippen molar-refractivity contribution < 1.29 is 4.79 Å². The lowest BCUT2D eigenvalue weighted by Crippen LogP contribution is -2.39. The zero-order valence-corrected chi connectivity index (χ0v) is 11.1. The number of amides is 1. The Labute approximate surface area is 108 Å². The van der Waals surface area contributed by atoms with Crippen LogP contribution in [-0.2, 0) is 13.0 Å². The summed E-state index contributed by atoms with van der Waals surface area (Å²) in [7, 11) is 0. The van der Waals surface area contributed by atoms with E-state index >= 15 is 0 Å². The minimum absolute atomic E-state index is 0.0693. The molecule has 3 N–H and O–H groups in total. The van der Waals surface area contributed by atoms with Gasteiger partial charge in [0.25, 0.3) is 5.91 Å². The maximum atomic E-state index is 12.1. The molecule has 0 radical (unpaired) electrons. The van der Waals surface area contributed by atoms with Crippen LogP contribution in [0, 0.1) is 5.92 Å². The smallest absolute Gasteiger partial charge is 0.269 e. The van der Waals surface area contributed by atoms with Crippen LogP contribution in [0.15, 0.2) is 6.07 Å². The van der Waals surface area contributed by atoms with E-state index in [-0.39, 0.29) is 11.9 Å². The predicted octanol–water partition coefficient (Wildman–Crippen LogP) is 0.932. The SMILES string of the molecule is CCc1cc(C(=O)NCC(N)C2CC2)n(CC)n1. The van der Waals surface area contributed by atoms with Crippen molar-refractivity contribution in [1.82, 2.24) is 15.1 Å². The summed E-state index contributed by atoms with van der Waals surface area (Å²) in [4.78, 5) is 12.1. The summed E-state index contributed by atoms with van der Waals surface area (Å²) >= 11 is 0. The van der Waals surface area contributed by atoms with E-state index in [1.165, 1.54) is 12.8 Å². The molecular formula is C13H22N4O. The number of aromatic nitrogens is 2. The molecule has 0 saturated heterocycles. The van der Waals surface area contributed by atoms with Crippen molar-refractivity contribution in [1.29, 1.82) is 0 Å². The van der Waals surface area contributed by atoms with Gasteiger partial charge in [-0.1, -0.05) is 6.92 Å². The highest BCUT2D eigenvalue weighted by Gasteiger charge is 2.28. The molecule has 5 nitrogen and oxygen atoms in total. The van der Waals surface area contributed by atoms with Gasteiger partial charge in [-0.05, 0) is 38.2 Å². The lowest BCUT2D eigenvalue weighted by Gasteiger charge is -2.11. The first kappa shape index (κ1) is 13.1. The van der Waals surface area contributed by atoms with Gasteiger partial charge >= 0.3 is 0 Å². The van der Waals surface area contributed by atoms with Crippen molar-refractivity contribution >= 4 is 5.91 Å². The van der Waals surface area contributed by atoms with Crippen LogP contribution in [0.25, 0.3) is 0 Å². The third-order valence-corrected chi connectivity index (χ3v) is 3.45. The molecule has 0 bridgehead atoms. The van der Waals surface area contributed by atoms with Crippen LogP contribution in [0.1, 0.15) is 42.9 Å².